The Morgan fingerprint density at radius 2 is 0.500 bits per heavy atom. The maximum atomic E-state index is 5.66. The van der Waals surface area contributed by atoms with Gasteiger partial charge in [-0.05, 0) is 0 Å². The van der Waals surface area contributed by atoms with Gasteiger partial charge in [0.2, 0.25) is 0 Å². The van der Waals surface area contributed by atoms with Crippen LogP contribution in [0.25, 0.3) is 0 Å². The maximum Gasteiger partial charge on any atom is 0.144 e. The first kappa shape index (κ1) is 13.7. The first-order chi connectivity index (χ1) is 6.83. The minimum absolute atomic E-state index is 0.153. The SMILES string of the molecule is C[N+]1(C)O[N+](C)(C)O[N+](C)(C)O[N+](C)(C)O1. The first-order valence-electron chi connectivity index (χ1n) is 5.04. The second-order valence-corrected chi connectivity index (χ2v) is 5.33. The minimum atomic E-state index is -0.153. The van der Waals surface area contributed by atoms with Crippen LogP contribution >= 0.6 is 0 Å². The summed E-state index contributed by atoms with van der Waals surface area (Å²) >= 11 is 0. The largest absolute Gasteiger partial charge is 0.144 e. The first-order valence-corrected chi connectivity index (χ1v) is 5.04. The van der Waals surface area contributed by atoms with Gasteiger partial charge in [0.1, 0.15) is 56.4 Å². The van der Waals surface area contributed by atoms with Gasteiger partial charge in [0.15, 0.2) is 0 Å². The van der Waals surface area contributed by atoms with Crippen LogP contribution in [0.15, 0.2) is 0 Å². The number of nitrogens with zero attached hydrogens (tertiary/aromatic N) is 4. The molecule has 0 unspecified atom stereocenters. The van der Waals surface area contributed by atoms with Crippen molar-refractivity contribution in [1.29, 1.82) is 0 Å². The zero-order valence-corrected chi connectivity index (χ0v) is 11.4. The van der Waals surface area contributed by atoms with Gasteiger partial charge < -0.3 is 0 Å². The van der Waals surface area contributed by atoms with Gasteiger partial charge in [-0.15, -0.1) is 0 Å². The molecular formula is C8H24N4O4+4. The van der Waals surface area contributed by atoms with Crippen LogP contribution in [0.5, 0.6) is 0 Å². The Morgan fingerprint density at radius 3 is 0.625 bits per heavy atom. The normalized spacial score (nSPS) is 31.5. The zero-order chi connectivity index (χ0) is 12.8. The average molecular weight is 240 g/mol. The van der Waals surface area contributed by atoms with Gasteiger partial charge in [0, 0.05) is 0 Å². The summed E-state index contributed by atoms with van der Waals surface area (Å²) in [5.74, 6) is 0. The van der Waals surface area contributed by atoms with Gasteiger partial charge in [0.05, 0.1) is 39.0 Å². The molecule has 0 N–H and O–H groups in total. The molecule has 0 aromatic heterocycles. The third-order valence-electron chi connectivity index (χ3n) is 1.57. The Bertz CT molecular complexity index is 205. The molecule has 0 saturated carbocycles. The highest BCUT2D eigenvalue weighted by Gasteiger charge is 2.54. The second-order valence-electron chi connectivity index (χ2n) is 5.33. The third kappa shape index (κ3) is 3.92. The summed E-state index contributed by atoms with van der Waals surface area (Å²) in [7, 11) is 14.0. The van der Waals surface area contributed by atoms with Crippen molar-refractivity contribution in [3.05, 3.63) is 0 Å². The van der Waals surface area contributed by atoms with E-state index in [4.69, 9.17) is 19.8 Å². The van der Waals surface area contributed by atoms with Crippen LogP contribution in [-0.2, 0) is 19.8 Å². The summed E-state index contributed by atoms with van der Waals surface area (Å²) in [5.41, 5.74) is 0. The van der Waals surface area contributed by atoms with Gasteiger partial charge in [-0.3, -0.25) is 0 Å². The van der Waals surface area contributed by atoms with Crippen LogP contribution < -0.4 is 0 Å². The summed E-state index contributed by atoms with van der Waals surface area (Å²) in [6.07, 6.45) is 0. The lowest BCUT2D eigenvalue weighted by molar-refractivity contribution is -1.65. The number of hydroxylamine groups is 16. The van der Waals surface area contributed by atoms with Crippen LogP contribution in [0, 0.1) is 0 Å². The highest BCUT2D eigenvalue weighted by Crippen LogP contribution is 2.24. The predicted octanol–water partition coefficient (Wildman–Crippen LogP) is -0.308. The number of hydrogen-bond acceptors (Lipinski definition) is 4. The van der Waals surface area contributed by atoms with Crippen molar-refractivity contribution in [2.24, 2.45) is 0 Å². The van der Waals surface area contributed by atoms with Gasteiger partial charge in [-0.2, -0.15) is 0 Å². The summed E-state index contributed by atoms with van der Waals surface area (Å²) in [6, 6.07) is 0. The third-order valence-corrected chi connectivity index (χ3v) is 1.57. The summed E-state index contributed by atoms with van der Waals surface area (Å²) in [5, 5.41) is 0. The van der Waals surface area contributed by atoms with Crippen LogP contribution in [0.1, 0.15) is 0 Å². The lowest BCUT2D eigenvalue weighted by Gasteiger charge is -2.37. The van der Waals surface area contributed by atoms with Crippen molar-refractivity contribution < 1.29 is 39.0 Å². The number of quaternary nitrogens is 4. The van der Waals surface area contributed by atoms with Crippen LogP contribution in [0.3, 0.4) is 0 Å². The fraction of sp³-hybridized carbons (Fsp3) is 1.00. The monoisotopic (exact) mass is 240 g/mol. The van der Waals surface area contributed by atoms with Crippen LogP contribution in [0.4, 0.5) is 0 Å². The van der Waals surface area contributed by atoms with E-state index in [9.17, 15) is 0 Å². The molecular weight excluding hydrogens is 216 g/mol. The van der Waals surface area contributed by atoms with Gasteiger partial charge in [-0.1, -0.05) is 0 Å². The molecule has 0 spiro atoms. The lowest BCUT2D eigenvalue weighted by atomic mass is 11.1. The summed E-state index contributed by atoms with van der Waals surface area (Å²) < 4.78 is 0. The van der Waals surface area contributed by atoms with Crippen molar-refractivity contribution in [2.75, 3.05) is 56.4 Å². The zero-order valence-electron chi connectivity index (χ0n) is 11.4. The number of rotatable bonds is 0. The Kier molecular flexibility index (Phi) is 3.08. The molecule has 1 saturated heterocycles. The molecule has 0 aromatic rings. The highest BCUT2D eigenvalue weighted by atomic mass is 17.4. The Balaban J connectivity index is 2.98. The molecule has 1 rings (SSSR count). The van der Waals surface area contributed by atoms with E-state index in [2.05, 4.69) is 0 Å². The molecule has 1 heterocycles. The van der Waals surface area contributed by atoms with Crippen molar-refractivity contribution in [1.82, 2.24) is 0 Å². The topological polar surface area (TPSA) is 36.9 Å². The van der Waals surface area contributed by atoms with E-state index in [-0.39, 0.29) is 19.2 Å². The molecule has 96 valence electrons. The molecule has 0 bridgehead atoms. The standard InChI is InChI=1S/C8H24N4O4/c1-9(2)13-10(3,4)15-12(7,8)16-11(5,6)14-9/h1-8H3/q+4. The van der Waals surface area contributed by atoms with Crippen molar-refractivity contribution in [3.8, 4) is 0 Å². The minimum Gasteiger partial charge on any atom is 0.0638 e. The summed E-state index contributed by atoms with van der Waals surface area (Å²) in [6.45, 7) is 0. The molecule has 1 aliphatic heterocycles. The van der Waals surface area contributed by atoms with E-state index in [0.717, 1.165) is 0 Å². The van der Waals surface area contributed by atoms with Gasteiger partial charge in [-0.25, -0.2) is 0 Å². The fourth-order valence-corrected chi connectivity index (χ4v) is 1.95. The van der Waals surface area contributed by atoms with E-state index < -0.39 is 0 Å². The quantitative estimate of drug-likeness (QED) is 0.544. The van der Waals surface area contributed by atoms with Crippen molar-refractivity contribution >= 4 is 0 Å². The highest BCUT2D eigenvalue weighted by molar-refractivity contribution is 3.77. The van der Waals surface area contributed by atoms with Crippen molar-refractivity contribution in [2.45, 2.75) is 0 Å². The van der Waals surface area contributed by atoms with E-state index in [1.54, 1.807) is 56.4 Å². The lowest BCUT2D eigenvalue weighted by Crippen LogP contribution is -2.68. The van der Waals surface area contributed by atoms with E-state index in [0.29, 0.717) is 0 Å². The molecule has 16 heavy (non-hydrogen) atoms. The average Bonchev–Trinajstić information content (AvgIpc) is 1.67. The molecule has 8 heteroatoms. The van der Waals surface area contributed by atoms with E-state index in [1.165, 1.54) is 0 Å². The molecule has 8 nitrogen and oxygen atoms in total. The van der Waals surface area contributed by atoms with Crippen molar-refractivity contribution in [3.63, 3.8) is 0 Å². The Labute approximate surface area is 96.3 Å². The molecule has 1 fully saturated rings. The fourth-order valence-electron chi connectivity index (χ4n) is 1.95. The smallest absolute Gasteiger partial charge is 0.0638 e. The van der Waals surface area contributed by atoms with Gasteiger partial charge in [0.25, 0.3) is 0 Å². The van der Waals surface area contributed by atoms with Crippen LogP contribution in [0.2, 0.25) is 0 Å². The summed E-state index contributed by atoms with van der Waals surface area (Å²) in [4.78, 5) is 22.0. The number of hydrogen-bond donors (Lipinski definition) is 0. The Morgan fingerprint density at radius 1 is 0.375 bits per heavy atom. The molecule has 0 aliphatic carbocycles. The molecule has 0 radical (unpaired) electrons. The maximum absolute atomic E-state index is 5.66. The molecule has 1 aliphatic rings. The second kappa shape index (κ2) is 3.59. The van der Waals surface area contributed by atoms with E-state index in [1.807, 2.05) is 0 Å². The molecule has 0 amide bonds. The molecule has 0 atom stereocenters. The van der Waals surface area contributed by atoms with Gasteiger partial charge >= 0.3 is 0 Å². The van der Waals surface area contributed by atoms with Crippen LogP contribution in [-0.4, -0.2) is 75.6 Å². The molecule has 0 aromatic carbocycles. The predicted molar refractivity (Wildman–Crippen MR) is 52.8 cm³/mol. The Hall–Kier alpha value is -0.320. The van der Waals surface area contributed by atoms with E-state index >= 15 is 0 Å².